The zero-order valence-corrected chi connectivity index (χ0v) is 13.7. The second-order valence-corrected chi connectivity index (χ2v) is 6.55. The molecular formula is C18H14N2O3S. The number of thioether (sulfide) groups is 1. The molecule has 24 heavy (non-hydrogen) atoms. The van der Waals surface area contributed by atoms with Crippen LogP contribution in [0.2, 0.25) is 0 Å². The van der Waals surface area contributed by atoms with Crippen LogP contribution in [0.1, 0.15) is 15.9 Å². The van der Waals surface area contributed by atoms with Gasteiger partial charge in [-0.2, -0.15) is 0 Å². The predicted molar refractivity (Wildman–Crippen MR) is 94.7 cm³/mol. The highest BCUT2D eigenvalue weighted by Gasteiger charge is 2.42. The molecular weight excluding hydrogens is 324 g/mol. The molecule has 0 bridgehead atoms. The number of amides is 1. The van der Waals surface area contributed by atoms with E-state index >= 15 is 0 Å². The summed E-state index contributed by atoms with van der Waals surface area (Å²) >= 11 is 1.49. The summed E-state index contributed by atoms with van der Waals surface area (Å²) in [5, 5.41) is 3.34. The van der Waals surface area contributed by atoms with E-state index in [4.69, 9.17) is 0 Å². The number of rotatable bonds is 2. The quantitative estimate of drug-likeness (QED) is 0.672. The lowest BCUT2D eigenvalue weighted by Gasteiger charge is -2.12. The maximum Gasteiger partial charge on any atom is 0.337 e. The van der Waals surface area contributed by atoms with E-state index < -0.39 is 0 Å². The van der Waals surface area contributed by atoms with Gasteiger partial charge in [-0.05, 0) is 35.9 Å². The van der Waals surface area contributed by atoms with Crippen LogP contribution in [0.4, 0.5) is 11.4 Å². The molecule has 0 saturated carbocycles. The molecule has 6 heteroatoms. The molecule has 1 unspecified atom stereocenters. The van der Waals surface area contributed by atoms with E-state index in [-0.39, 0.29) is 17.4 Å². The summed E-state index contributed by atoms with van der Waals surface area (Å²) in [6.07, 6.45) is 1.84. The van der Waals surface area contributed by atoms with Gasteiger partial charge in [-0.15, -0.1) is 0 Å². The van der Waals surface area contributed by atoms with Crippen LogP contribution in [-0.2, 0) is 9.53 Å². The Balaban J connectivity index is 1.60. The minimum absolute atomic E-state index is 0.0144. The molecule has 0 radical (unpaired) electrons. The summed E-state index contributed by atoms with van der Waals surface area (Å²) in [6, 6.07) is 14.8. The average Bonchev–Trinajstić information content (AvgIpc) is 3.12. The van der Waals surface area contributed by atoms with Crippen LogP contribution in [0.3, 0.4) is 0 Å². The van der Waals surface area contributed by atoms with Crippen molar-refractivity contribution in [3.63, 3.8) is 0 Å². The van der Waals surface area contributed by atoms with Crippen LogP contribution in [0.15, 0.2) is 53.4 Å². The van der Waals surface area contributed by atoms with E-state index in [0.29, 0.717) is 10.5 Å². The maximum atomic E-state index is 12.7. The van der Waals surface area contributed by atoms with Crippen molar-refractivity contribution in [3.8, 4) is 0 Å². The minimum Gasteiger partial charge on any atom is -0.465 e. The zero-order valence-electron chi connectivity index (χ0n) is 12.9. The molecule has 2 aromatic rings. The highest BCUT2D eigenvalue weighted by atomic mass is 32.2. The van der Waals surface area contributed by atoms with Crippen LogP contribution < -0.4 is 10.2 Å². The Bertz CT molecular complexity index is 861. The number of carbonyl (C=O) groups excluding carboxylic acids is 2. The third kappa shape index (κ3) is 2.35. The molecule has 1 N–H and O–H groups in total. The van der Waals surface area contributed by atoms with Gasteiger partial charge < -0.3 is 10.1 Å². The molecule has 2 heterocycles. The number of nitrogens with zero attached hydrogens (tertiary/aromatic N) is 1. The molecule has 0 aliphatic carbocycles. The topological polar surface area (TPSA) is 58.6 Å². The van der Waals surface area contributed by atoms with Crippen molar-refractivity contribution in [2.45, 2.75) is 5.50 Å². The SMILES string of the molecule is COC(=O)c1ccc(/C=C2\SC3Nc4ccccc4N3C2=O)cc1. The number of benzene rings is 2. The average molecular weight is 338 g/mol. The third-order valence-corrected chi connectivity index (χ3v) is 5.07. The normalized spacial score (nSPS) is 19.9. The Morgan fingerprint density at radius 3 is 2.71 bits per heavy atom. The molecule has 1 saturated heterocycles. The van der Waals surface area contributed by atoms with Gasteiger partial charge in [-0.3, -0.25) is 9.69 Å². The number of esters is 1. The number of hydrogen-bond acceptors (Lipinski definition) is 5. The van der Waals surface area contributed by atoms with E-state index in [1.807, 2.05) is 30.3 Å². The lowest BCUT2D eigenvalue weighted by molar-refractivity contribution is -0.114. The van der Waals surface area contributed by atoms with Crippen LogP contribution in [0, 0.1) is 0 Å². The smallest absolute Gasteiger partial charge is 0.337 e. The van der Waals surface area contributed by atoms with Gasteiger partial charge in [-0.1, -0.05) is 36.0 Å². The largest absolute Gasteiger partial charge is 0.465 e. The van der Waals surface area contributed by atoms with E-state index in [9.17, 15) is 9.59 Å². The van der Waals surface area contributed by atoms with Crippen molar-refractivity contribution in [2.75, 3.05) is 17.3 Å². The van der Waals surface area contributed by atoms with Crippen LogP contribution in [0.25, 0.3) is 6.08 Å². The van der Waals surface area contributed by atoms with Gasteiger partial charge in [0.2, 0.25) is 0 Å². The molecule has 0 spiro atoms. The van der Waals surface area contributed by atoms with Crippen LogP contribution in [-0.4, -0.2) is 24.5 Å². The summed E-state index contributed by atoms with van der Waals surface area (Å²) in [7, 11) is 1.35. The summed E-state index contributed by atoms with van der Waals surface area (Å²) in [6.45, 7) is 0. The molecule has 1 fully saturated rings. The van der Waals surface area contributed by atoms with Gasteiger partial charge in [0.05, 0.1) is 29.0 Å². The number of anilines is 2. The fourth-order valence-electron chi connectivity index (χ4n) is 2.80. The second kappa shape index (κ2) is 5.72. The first-order valence-corrected chi connectivity index (χ1v) is 8.31. The number of ether oxygens (including phenoxy) is 1. The first-order chi connectivity index (χ1) is 11.7. The predicted octanol–water partition coefficient (Wildman–Crippen LogP) is 3.30. The van der Waals surface area contributed by atoms with Crippen molar-refractivity contribution in [2.24, 2.45) is 0 Å². The lowest BCUT2D eigenvalue weighted by atomic mass is 10.1. The third-order valence-electron chi connectivity index (χ3n) is 3.97. The van der Waals surface area contributed by atoms with E-state index in [0.717, 1.165) is 16.9 Å². The minimum atomic E-state index is -0.373. The Morgan fingerprint density at radius 1 is 1.21 bits per heavy atom. The monoisotopic (exact) mass is 338 g/mol. The van der Waals surface area contributed by atoms with E-state index in [1.165, 1.54) is 18.9 Å². The second-order valence-electron chi connectivity index (χ2n) is 5.43. The van der Waals surface area contributed by atoms with Gasteiger partial charge >= 0.3 is 5.97 Å². The Hall–Kier alpha value is -2.73. The molecule has 2 aromatic carbocycles. The molecule has 5 nitrogen and oxygen atoms in total. The molecule has 2 aliphatic heterocycles. The van der Waals surface area contributed by atoms with Gasteiger partial charge in [-0.25, -0.2) is 4.79 Å². The molecule has 4 rings (SSSR count). The van der Waals surface area contributed by atoms with Crippen LogP contribution in [0.5, 0.6) is 0 Å². The van der Waals surface area contributed by atoms with Crippen molar-refractivity contribution in [1.29, 1.82) is 0 Å². The van der Waals surface area contributed by atoms with E-state index in [1.54, 1.807) is 29.2 Å². The highest BCUT2D eigenvalue weighted by Crippen LogP contribution is 2.46. The van der Waals surface area contributed by atoms with Gasteiger partial charge in [0, 0.05) is 0 Å². The number of hydrogen-bond donors (Lipinski definition) is 1. The van der Waals surface area contributed by atoms with Crippen molar-refractivity contribution >= 4 is 41.1 Å². The van der Waals surface area contributed by atoms with Gasteiger partial charge in [0.1, 0.15) is 0 Å². The summed E-state index contributed by atoms with van der Waals surface area (Å²) in [5.41, 5.74) is 3.14. The molecule has 1 amide bonds. The van der Waals surface area contributed by atoms with E-state index in [2.05, 4.69) is 10.1 Å². The first-order valence-electron chi connectivity index (χ1n) is 7.43. The summed E-state index contributed by atoms with van der Waals surface area (Å²) < 4.78 is 4.68. The number of methoxy groups -OCH3 is 1. The number of para-hydroxylation sites is 2. The standard InChI is InChI=1S/C18H14N2O3S/c1-23-17(22)12-8-6-11(7-9-12)10-15-16(21)20-14-5-3-2-4-13(14)19-18(20)24-15/h2-10,18-19H,1H3/b15-10-. The summed E-state index contributed by atoms with van der Waals surface area (Å²) in [4.78, 5) is 26.6. The molecule has 0 aromatic heterocycles. The molecule has 120 valence electrons. The van der Waals surface area contributed by atoms with Crippen LogP contribution >= 0.6 is 11.8 Å². The Labute approximate surface area is 143 Å². The zero-order chi connectivity index (χ0) is 16.7. The maximum absolute atomic E-state index is 12.7. The molecule has 1 atom stereocenters. The Morgan fingerprint density at radius 2 is 1.96 bits per heavy atom. The number of carbonyl (C=O) groups is 2. The fraction of sp³-hybridized carbons (Fsp3) is 0.111. The summed E-state index contributed by atoms with van der Waals surface area (Å²) in [5.74, 6) is -0.388. The molecule has 2 aliphatic rings. The fourth-order valence-corrected chi connectivity index (χ4v) is 3.94. The number of nitrogens with one attached hydrogen (secondary N) is 1. The first kappa shape index (κ1) is 14.8. The highest BCUT2D eigenvalue weighted by molar-refractivity contribution is 8.05. The van der Waals surface area contributed by atoms with Crippen molar-refractivity contribution in [1.82, 2.24) is 0 Å². The van der Waals surface area contributed by atoms with Crippen molar-refractivity contribution in [3.05, 3.63) is 64.6 Å². The van der Waals surface area contributed by atoms with Crippen molar-refractivity contribution < 1.29 is 14.3 Å². The Kier molecular flexibility index (Phi) is 3.54. The lowest BCUT2D eigenvalue weighted by Crippen LogP contribution is -2.31. The van der Waals surface area contributed by atoms with Gasteiger partial charge in [0.15, 0.2) is 5.50 Å². The number of fused-ring (bicyclic) bond motifs is 3. The van der Waals surface area contributed by atoms with Gasteiger partial charge in [0.25, 0.3) is 5.91 Å².